The van der Waals surface area contributed by atoms with E-state index in [9.17, 15) is 9.59 Å². The minimum absolute atomic E-state index is 0.108. The average molecular weight is 465 g/mol. The van der Waals surface area contributed by atoms with E-state index in [4.69, 9.17) is 0 Å². The van der Waals surface area contributed by atoms with E-state index in [2.05, 4.69) is 23.5 Å². The standard InChI is InChI=1S/C29H24N2O2S/c1-19-11-16-24(20(2)17-19)28(32)30-23-14-12-21(13-15-23)29(33)31-18-22-7-3-5-9-26(22)34-27-10-6-4-8-25(27)31/h3-6,8-18H,7H2,1-2H3,(H,30,32). The second-order valence-corrected chi connectivity index (χ2v) is 9.50. The number of carbonyl (C=O) groups is 2. The molecule has 5 rings (SSSR count). The molecule has 0 radical (unpaired) electrons. The normalized spacial score (nSPS) is 14.4. The summed E-state index contributed by atoms with van der Waals surface area (Å²) in [6, 6.07) is 20.8. The third-order valence-corrected chi connectivity index (χ3v) is 7.09. The molecular formula is C29H24N2O2S. The van der Waals surface area contributed by atoms with Crippen LogP contribution in [0.25, 0.3) is 0 Å². The van der Waals surface area contributed by atoms with Gasteiger partial charge in [-0.15, -0.1) is 0 Å². The highest BCUT2D eigenvalue weighted by Gasteiger charge is 2.25. The molecule has 0 bridgehead atoms. The number of benzene rings is 3. The summed E-state index contributed by atoms with van der Waals surface area (Å²) in [4.78, 5) is 30.2. The van der Waals surface area contributed by atoms with Gasteiger partial charge in [0.2, 0.25) is 0 Å². The van der Waals surface area contributed by atoms with Crippen LogP contribution in [0.4, 0.5) is 11.4 Å². The molecule has 168 valence electrons. The van der Waals surface area contributed by atoms with Crippen molar-refractivity contribution in [3.05, 3.63) is 124 Å². The van der Waals surface area contributed by atoms with Crippen molar-refractivity contribution in [2.75, 3.05) is 10.2 Å². The molecule has 0 saturated heterocycles. The molecule has 5 heteroatoms. The topological polar surface area (TPSA) is 49.4 Å². The Bertz CT molecular complexity index is 1380. The Morgan fingerprint density at radius 3 is 2.56 bits per heavy atom. The summed E-state index contributed by atoms with van der Waals surface area (Å²) in [6.07, 6.45) is 9.00. The number of allylic oxidation sites excluding steroid dienone is 4. The first-order valence-electron chi connectivity index (χ1n) is 11.2. The molecule has 4 nitrogen and oxygen atoms in total. The van der Waals surface area contributed by atoms with Crippen molar-refractivity contribution in [3.63, 3.8) is 0 Å². The maximum Gasteiger partial charge on any atom is 0.262 e. The van der Waals surface area contributed by atoms with Crippen LogP contribution >= 0.6 is 11.8 Å². The summed E-state index contributed by atoms with van der Waals surface area (Å²) < 4.78 is 0. The number of thioether (sulfide) groups is 1. The van der Waals surface area contributed by atoms with Crippen molar-refractivity contribution < 1.29 is 9.59 Å². The molecule has 1 N–H and O–H groups in total. The number of hydrogen-bond acceptors (Lipinski definition) is 3. The lowest BCUT2D eigenvalue weighted by Crippen LogP contribution is -2.26. The van der Waals surface area contributed by atoms with Crippen LogP contribution in [0.2, 0.25) is 0 Å². The first kappa shape index (κ1) is 22.0. The number of para-hydroxylation sites is 1. The molecule has 1 heterocycles. The van der Waals surface area contributed by atoms with Crippen molar-refractivity contribution in [2.45, 2.75) is 25.2 Å². The van der Waals surface area contributed by atoms with Gasteiger partial charge in [-0.2, -0.15) is 0 Å². The lowest BCUT2D eigenvalue weighted by molar-refractivity contribution is 0.0995. The van der Waals surface area contributed by atoms with Gasteiger partial charge >= 0.3 is 0 Å². The number of amides is 2. The molecule has 34 heavy (non-hydrogen) atoms. The highest BCUT2D eigenvalue weighted by Crippen LogP contribution is 2.43. The van der Waals surface area contributed by atoms with E-state index < -0.39 is 0 Å². The molecule has 2 amide bonds. The van der Waals surface area contributed by atoms with Gasteiger partial charge in [-0.1, -0.05) is 53.7 Å². The van der Waals surface area contributed by atoms with Crippen LogP contribution in [-0.4, -0.2) is 11.8 Å². The molecule has 1 aliphatic heterocycles. The summed E-state index contributed by atoms with van der Waals surface area (Å²) in [5.74, 6) is -0.270. The van der Waals surface area contributed by atoms with Crippen LogP contribution in [-0.2, 0) is 0 Å². The number of fused-ring (bicyclic) bond motifs is 2. The fourth-order valence-electron chi connectivity index (χ4n) is 4.13. The first-order chi connectivity index (χ1) is 16.5. The van der Waals surface area contributed by atoms with E-state index in [1.807, 2.05) is 62.5 Å². The van der Waals surface area contributed by atoms with Crippen LogP contribution < -0.4 is 10.2 Å². The van der Waals surface area contributed by atoms with Gasteiger partial charge in [0.25, 0.3) is 11.8 Å². The molecule has 0 spiro atoms. The van der Waals surface area contributed by atoms with Crippen molar-refractivity contribution in [1.82, 2.24) is 0 Å². The maximum atomic E-state index is 13.6. The van der Waals surface area contributed by atoms with Crippen molar-refractivity contribution in [3.8, 4) is 0 Å². The van der Waals surface area contributed by atoms with Crippen LogP contribution in [0.1, 0.15) is 38.3 Å². The zero-order chi connectivity index (χ0) is 23.7. The Balaban J connectivity index is 1.40. The molecule has 2 aliphatic rings. The number of anilines is 2. The van der Waals surface area contributed by atoms with Gasteiger partial charge in [-0.25, -0.2) is 0 Å². The predicted molar refractivity (Wildman–Crippen MR) is 139 cm³/mol. The fourth-order valence-corrected chi connectivity index (χ4v) is 5.20. The van der Waals surface area contributed by atoms with Gasteiger partial charge in [-0.3, -0.25) is 14.5 Å². The molecule has 0 atom stereocenters. The average Bonchev–Trinajstić information content (AvgIpc) is 3.01. The molecule has 3 aromatic rings. The van der Waals surface area contributed by atoms with Gasteiger partial charge in [0.1, 0.15) is 0 Å². The molecule has 1 aliphatic carbocycles. The van der Waals surface area contributed by atoms with Crippen LogP contribution in [0.15, 0.2) is 107 Å². The lowest BCUT2D eigenvalue weighted by atomic mass is 10.0. The van der Waals surface area contributed by atoms with Crippen LogP contribution in [0, 0.1) is 13.8 Å². The van der Waals surface area contributed by atoms with E-state index in [-0.39, 0.29) is 11.8 Å². The molecule has 0 aromatic heterocycles. The quantitative estimate of drug-likeness (QED) is 0.452. The Labute approximate surface area is 203 Å². The van der Waals surface area contributed by atoms with Crippen LogP contribution in [0.5, 0.6) is 0 Å². The second-order valence-electron chi connectivity index (χ2n) is 8.41. The zero-order valence-electron chi connectivity index (χ0n) is 19.0. The van der Waals surface area contributed by atoms with Crippen molar-refractivity contribution in [2.24, 2.45) is 0 Å². The highest BCUT2D eigenvalue weighted by atomic mass is 32.2. The van der Waals surface area contributed by atoms with Gasteiger partial charge in [0.15, 0.2) is 0 Å². The number of hydrogen-bond donors (Lipinski definition) is 1. The van der Waals surface area contributed by atoms with Gasteiger partial charge in [0.05, 0.1) is 5.69 Å². The molecule has 3 aromatic carbocycles. The number of rotatable bonds is 3. The summed E-state index contributed by atoms with van der Waals surface area (Å²) in [7, 11) is 0. The van der Waals surface area contributed by atoms with E-state index in [0.717, 1.165) is 38.6 Å². The van der Waals surface area contributed by atoms with E-state index in [1.54, 1.807) is 40.9 Å². The summed E-state index contributed by atoms with van der Waals surface area (Å²) in [5.41, 5.74) is 5.88. The predicted octanol–water partition coefficient (Wildman–Crippen LogP) is 7.04. The number of nitrogens with zero attached hydrogens (tertiary/aromatic N) is 1. The molecule has 0 unspecified atom stereocenters. The number of aryl methyl sites for hydroxylation is 2. The third-order valence-electron chi connectivity index (χ3n) is 5.90. The van der Waals surface area contributed by atoms with Gasteiger partial charge < -0.3 is 5.32 Å². The van der Waals surface area contributed by atoms with E-state index in [0.29, 0.717) is 16.8 Å². The number of nitrogens with one attached hydrogen (secondary N) is 1. The van der Waals surface area contributed by atoms with Gasteiger partial charge in [0, 0.05) is 32.8 Å². The minimum Gasteiger partial charge on any atom is -0.322 e. The highest BCUT2D eigenvalue weighted by molar-refractivity contribution is 8.03. The van der Waals surface area contributed by atoms with E-state index in [1.165, 1.54) is 0 Å². The smallest absolute Gasteiger partial charge is 0.262 e. The fraction of sp³-hybridized carbons (Fsp3) is 0.103. The monoisotopic (exact) mass is 464 g/mol. The van der Waals surface area contributed by atoms with Crippen molar-refractivity contribution in [1.29, 1.82) is 0 Å². The Kier molecular flexibility index (Phi) is 5.95. The van der Waals surface area contributed by atoms with Crippen molar-refractivity contribution >= 4 is 35.0 Å². The minimum atomic E-state index is -0.163. The molecule has 0 fully saturated rings. The Hall–Kier alpha value is -3.83. The SMILES string of the molecule is Cc1ccc(C(=O)Nc2ccc(C(=O)N3C=C4CC=CC=C4Sc4ccccc43)cc2)c(C)c1. The molecule has 0 saturated carbocycles. The van der Waals surface area contributed by atoms with E-state index >= 15 is 0 Å². The summed E-state index contributed by atoms with van der Waals surface area (Å²) in [6.45, 7) is 3.93. The molecular weight excluding hydrogens is 440 g/mol. The zero-order valence-corrected chi connectivity index (χ0v) is 19.9. The van der Waals surface area contributed by atoms with Crippen LogP contribution in [0.3, 0.4) is 0 Å². The Morgan fingerprint density at radius 1 is 0.971 bits per heavy atom. The van der Waals surface area contributed by atoms with Gasteiger partial charge in [-0.05, 0) is 79.9 Å². The summed E-state index contributed by atoms with van der Waals surface area (Å²) in [5, 5.41) is 2.93. The lowest BCUT2D eigenvalue weighted by Gasteiger charge is -2.20. The summed E-state index contributed by atoms with van der Waals surface area (Å²) >= 11 is 1.69. The largest absolute Gasteiger partial charge is 0.322 e. The number of carbonyl (C=O) groups excluding carboxylic acids is 2. The Morgan fingerprint density at radius 2 is 1.76 bits per heavy atom. The second kappa shape index (κ2) is 9.20. The first-order valence-corrected chi connectivity index (χ1v) is 12.0. The third kappa shape index (κ3) is 4.35. The maximum absolute atomic E-state index is 13.6.